The summed E-state index contributed by atoms with van der Waals surface area (Å²) < 4.78 is 0. The first-order valence-electron chi connectivity index (χ1n) is 11.6. The van der Waals surface area contributed by atoms with Crippen LogP contribution in [0.4, 0.5) is 0 Å². The Morgan fingerprint density at radius 3 is 1.29 bits per heavy atom. The molecule has 4 heteroatoms. The van der Waals surface area contributed by atoms with Gasteiger partial charge in [-0.3, -0.25) is 12.2 Å². The minimum absolute atomic E-state index is 0. The molecule has 0 fully saturated rings. The van der Waals surface area contributed by atoms with Crippen molar-refractivity contribution in [3.8, 4) is 0 Å². The fraction of sp³-hybridized carbons (Fsp3) is 0.333. The third kappa shape index (κ3) is 10.8. The van der Waals surface area contributed by atoms with E-state index in [1.165, 1.54) is 44.5 Å². The van der Waals surface area contributed by atoms with E-state index in [2.05, 4.69) is 114 Å². The Morgan fingerprint density at radius 2 is 1.03 bits per heavy atom. The van der Waals surface area contributed by atoms with Gasteiger partial charge in [0.25, 0.3) is 0 Å². The van der Waals surface area contributed by atoms with E-state index in [0.717, 1.165) is 25.7 Å². The van der Waals surface area contributed by atoms with Crippen LogP contribution in [0.1, 0.15) is 62.8 Å². The summed E-state index contributed by atoms with van der Waals surface area (Å²) in [6.07, 6.45) is 15.3. The number of halogens is 2. The quantitative estimate of drug-likeness (QED) is 0.382. The van der Waals surface area contributed by atoms with Crippen LogP contribution >= 0.6 is 0 Å². The standard InChI is InChI=1S/2C14H15.C2H6Si.2ClH.Zr/c2*1-3-12-6-4-5-7-14(12)13-9-8-11(2)10-13;1-3-2;;;/h2*4-7,10H,3,9H2,1-2H3;1-2H3;2*1H;/q2*-1;;;;+2/p-2. The zero-order valence-electron chi connectivity index (χ0n) is 21.4. The van der Waals surface area contributed by atoms with Gasteiger partial charge in [0.2, 0.25) is 0 Å². The van der Waals surface area contributed by atoms with Gasteiger partial charge < -0.3 is 24.8 Å². The van der Waals surface area contributed by atoms with Gasteiger partial charge in [0.15, 0.2) is 0 Å². The van der Waals surface area contributed by atoms with Crippen LogP contribution in [0.5, 0.6) is 0 Å². The smallest absolute Gasteiger partial charge is 1.00 e. The molecule has 180 valence electrons. The van der Waals surface area contributed by atoms with Crippen molar-refractivity contribution >= 4 is 16.6 Å². The largest absolute Gasteiger partial charge is 1.00 e. The first kappa shape index (κ1) is 33.1. The van der Waals surface area contributed by atoms with Crippen molar-refractivity contribution in [3.05, 3.63) is 106 Å². The van der Waals surface area contributed by atoms with E-state index in [1.807, 2.05) is 0 Å². The van der Waals surface area contributed by atoms with Crippen LogP contribution in [0.25, 0.3) is 11.1 Å². The van der Waals surface area contributed by atoms with Crippen LogP contribution in [0, 0.1) is 12.2 Å². The molecule has 0 saturated carbocycles. The number of benzene rings is 2. The molecule has 0 spiro atoms. The maximum atomic E-state index is 3.34. The molecule has 2 aliphatic rings. The number of rotatable bonds is 4. The maximum absolute atomic E-state index is 3.34. The van der Waals surface area contributed by atoms with E-state index >= 15 is 0 Å². The molecule has 2 aromatic carbocycles. The van der Waals surface area contributed by atoms with Crippen molar-refractivity contribution in [2.75, 3.05) is 0 Å². The summed E-state index contributed by atoms with van der Waals surface area (Å²) >= 11 is 1.74. The molecule has 0 bridgehead atoms. The first-order valence-corrected chi connectivity index (χ1v) is 17.8. The van der Waals surface area contributed by atoms with Gasteiger partial charge in [-0.05, 0) is 35.1 Å². The van der Waals surface area contributed by atoms with Crippen LogP contribution < -0.4 is 24.8 Å². The SMILES string of the molecule is CCc1ccccc1C1=CC(C)=[C-]C1.CCc1ccccc1C1=CC(C)=[C-]C1.C[Si](C)=[Zr+2].[Cl-].[Cl-]. The predicted octanol–water partition coefficient (Wildman–Crippen LogP) is 2.36. The molecule has 0 atom stereocenters. The van der Waals surface area contributed by atoms with Gasteiger partial charge in [0.05, 0.1) is 0 Å². The minimum atomic E-state index is 0. The molecule has 2 aromatic rings. The Bertz CT molecular complexity index is 977. The van der Waals surface area contributed by atoms with Crippen molar-refractivity contribution in [1.82, 2.24) is 0 Å². The first-order chi connectivity index (χ1) is 15.3. The van der Waals surface area contributed by atoms with Crippen molar-refractivity contribution in [2.24, 2.45) is 0 Å². The average Bonchev–Trinajstić information content (AvgIpc) is 3.42. The molecule has 0 nitrogen and oxygen atoms in total. The van der Waals surface area contributed by atoms with E-state index in [9.17, 15) is 0 Å². The third-order valence-corrected chi connectivity index (χ3v) is 5.39. The fourth-order valence-corrected chi connectivity index (χ4v) is 3.83. The van der Waals surface area contributed by atoms with Gasteiger partial charge in [-0.25, -0.2) is 23.3 Å². The molecule has 0 aliphatic heterocycles. The molecule has 0 unspecified atom stereocenters. The van der Waals surface area contributed by atoms with Gasteiger partial charge in [0.1, 0.15) is 0 Å². The molecule has 2 aliphatic carbocycles. The summed E-state index contributed by atoms with van der Waals surface area (Å²) in [6.45, 7) is 13.3. The van der Waals surface area contributed by atoms with Crippen LogP contribution in [0.15, 0.2) is 71.8 Å². The van der Waals surface area contributed by atoms with Crippen molar-refractivity contribution in [3.63, 3.8) is 0 Å². The Labute approximate surface area is 235 Å². The number of allylic oxidation sites excluding steroid dienone is 8. The maximum Gasteiger partial charge on any atom is -1.00 e. The Morgan fingerprint density at radius 1 is 0.706 bits per heavy atom. The summed E-state index contributed by atoms with van der Waals surface area (Å²) in [7, 11) is 0. The summed E-state index contributed by atoms with van der Waals surface area (Å²) in [4.78, 5) is 0. The van der Waals surface area contributed by atoms with E-state index < -0.39 is 0 Å². The normalized spacial score (nSPS) is 13.4. The zero-order chi connectivity index (χ0) is 23.5. The second-order valence-electron chi connectivity index (χ2n) is 8.43. The summed E-state index contributed by atoms with van der Waals surface area (Å²) in [5.41, 5.74) is 11.3. The topological polar surface area (TPSA) is 0 Å². The van der Waals surface area contributed by atoms with E-state index in [1.54, 1.807) is 23.3 Å². The van der Waals surface area contributed by atoms with Crippen molar-refractivity contribution in [1.29, 1.82) is 0 Å². The van der Waals surface area contributed by atoms with Crippen LogP contribution in [0.2, 0.25) is 13.1 Å². The molecule has 4 rings (SSSR count). The number of aryl methyl sites for hydroxylation is 2. The van der Waals surface area contributed by atoms with E-state index in [-0.39, 0.29) is 30.2 Å². The molecule has 34 heavy (non-hydrogen) atoms. The molecule has 0 amide bonds. The van der Waals surface area contributed by atoms with Crippen LogP contribution in [-0.4, -0.2) is 5.43 Å². The van der Waals surface area contributed by atoms with E-state index in [4.69, 9.17) is 0 Å². The van der Waals surface area contributed by atoms with E-state index in [0.29, 0.717) is 0 Å². The summed E-state index contributed by atoms with van der Waals surface area (Å²) in [5.74, 6) is 0. The number of hydrogen-bond acceptors (Lipinski definition) is 0. The fourth-order valence-electron chi connectivity index (χ4n) is 3.83. The molecule has 0 saturated heterocycles. The van der Waals surface area contributed by atoms with Gasteiger partial charge in [0, 0.05) is 0 Å². The predicted molar refractivity (Wildman–Crippen MR) is 139 cm³/mol. The molecule has 0 radical (unpaired) electrons. The zero-order valence-corrected chi connectivity index (χ0v) is 26.3. The van der Waals surface area contributed by atoms with Gasteiger partial charge in [-0.2, -0.15) is 0 Å². The van der Waals surface area contributed by atoms with Crippen LogP contribution in [0.3, 0.4) is 0 Å². The Hall–Kier alpha value is -0.920. The van der Waals surface area contributed by atoms with Gasteiger partial charge >= 0.3 is 41.9 Å². The average molecular weight is 587 g/mol. The molecular formula is C30H36Cl2SiZr-2. The summed E-state index contributed by atoms with van der Waals surface area (Å²) in [6, 6.07) is 17.3. The van der Waals surface area contributed by atoms with Gasteiger partial charge in [-0.1, -0.05) is 76.2 Å². The van der Waals surface area contributed by atoms with Crippen LogP contribution in [-0.2, 0) is 36.2 Å². The monoisotopic (exact) mass is 584 g/mol. The third-order valence-electron chi connectivity index (χ3n) is 5.39. The second kappa shape index (κ2) is 17.5. The molecule has 0 heterocycles. The summed E-state index contributed by atoms with van der Waals surface area (Å²) in [5, 5.41) is 0. The minimum Gasteiger partial charge on any atom is -1.00 e. The molecular weight excluding hydrogens is 551 g/mol. The van der Waals surface area contributed by atoms with Crippen molar-refractivity contribution in [2.45, 2.75) is 66.5 Å². The second-order valence-corrected chi connectivity index (χ2v) is 17.8. The molecule has 0 aromatic heterocycles. The Balaban J connectivity index is 0.000000528. The Kier molecular flexibility index (Phi) is 17.0. The van der Waals surface area contributed by atoms with Gasteiger partial charge in [-0.15, -0.1) is 24.0 Å². The molecule has 0 N–H and O–H groups in total. The number of hydrogen-bond donors (Lipinski definition) is 0. The van der Waals surface area contributed by atoms with Crippen molar-refractivity contribution < 1.29 is 48.1 Å².